The van der Waals surface area contributed by atoms with E-state index in [-0.39, 0.29) is 18.0 Å². The molecular formula is C17H20N4O2S. The van der Waals surface area contributed by atoms with Gasteiger partial charge in [-0.05, 0) is 31.2 Å². The average molecular weight is 344 g/mol. The van der Waals surface area contributed by atoms with Crippen LogP contribution in [0.1, 0.15) is 16.6 Å². The Morgan fingerprint density at radius 2 is 1.96 bits per heavy atom. The number of anilines is 2. The highest BCUT2D eigenvalue weighted by molar-refractivity contribution is 7.18. The number of benzene rings is 1. The average Bonchev–Trinajstić information content (AvgIpc) is 3.04. The van der Waals surface area contributed by atoms with Gasteiger partial charge in [-0.3, -0.25) is 10.1 Å². The molecule has 0 unspecified atom stereocenters. The highest BCUT2D eigenvalue weighted by atomic mass is 32.1. The first-order chi connectivity index (χ1) is 11.6. The van der Waals surface area contributed by atoms with Crippen molar-refractivity contribution < 1.29 is 9.59 Å². The molecule has 0 spiro atoms. The molecule has 0 bridgehead atoms. The van der Waals surface area contributed by atoms with E-state index in [1.54, 1.807) is 12.1 Å². The minimum atomic E-state index is -0.322. The summed E-state index contributed by atoms with van der Waals surface area (Å²) < 4.78 is 0. The van der Waals surface area contributed by atoms with Crippen LogP contribution in [0.3, 0.4) is 0 Å². The van der Waals surface area contributed by atoms with Crippen LogP contribution in [-0.2, 0) is 0 Å². The van der Waals surface area contributed by atoms with Gasteiger partial charge in [0.05, 0.1) is 9.88 Å². The molecule has 1 aliphatic rings. The molecule has 2 aromatic rings. The van der Waals surface area contributed by atoms with Crippen LogP contribution in [0.15, 0.2) is 42.5 Å². The molecule has 0 saturated carbocycles. The van der Waals surface area contributed by atoms with Gasteiger partial charge in [0, 0.05) is 31.4 Å². The number of nitrogens with zero attached hydrogens (tertiary/aromatic N) is 1. The van der Waals surface area contributed by atoms with Gasteiger partial charge in [0.2, 0.25) is 0 Å². The fourth-order valence-electron chi connectivity index (χ4n) is 2.60. The third kappa shape index (κ3) is 3.93. The molecule has 3 N–H and O–H groups in total. The van der Waals surface area contributed by atoms with Crippen molar-refractivity contribution in [1.82, 2.24) is 10.2 Å². The number of piperazine rings is 1. The highest BCUT2D eigenvalue weighted by Crippen LogP contribution is 2.24. The monoisotopic (exact) mass is 344 g/mol. The standard InChI is InChI=1S/C17H20N4O2S/c1-12-11-18-9-10-21(12)16(22)14-7-8-15(24-14)20-17(23)19-13-5-3-2-4-6-13/h2-8,12,18H,9-11H2,1H3,(H2,19,20,23)/t12-/m0/s1. The SMILES string of the molecule is C[C@H]1CNCCN1C(=O)c1ccc(NC(=O)Nc2ccccc2)s1. The number of carbonyl (C=O) groups excluding carboxylic acids is 2. The Morgan fingerprint density at radius 1 is 1.17 bits per heavy atom. The number of amides is 3. The number of urea groups is 1. The molecule has 1 aliphatic heterocycles. The lowest BCUT2D eigenvalue weighted by Gasteiger charge is -2.33. The zero-order valence-corrected chi connectivity index (χ0v) is 14.2. The van der Waals surface area contributed by atoms with Crippen molar-refractivity contribution in [2.45, 2.75) is 13.0 Å². The first-order valence-electron chi connectivity index (χ1n) is 7.88. The van der Waals surface area contributed by atoms with E-state index in [0.29, 0.717) is 16.4 Å². The largest absolute Gasteiger partial charge is 0.333 e. The Kier molecular flexibility index (Phi) is 5.12. The molecule has 1 aromatic heterocycles. The second kappa shape index (κ2) is 7.46. The van der Waals surface area contributed by atoms with E-state index in [1.807, 2.05) is 42.2 Å². The molecule has 7 heteroatoms. The van der Waals surface area contributed by atoms with Crippen LogP contribution in [0, 0.1) is 0 Å². The third-order valence-corrected chi connectivity index (χ3v) is 4.84. The summed E-state index contributed by atoms with van der Waals surface area (Å²) >= 11 is 1.29. The summed E-state index contributed by atoms with van der Waals surface area (Å²) in [5, 5.41) is 9.43. The lowest BCUT2D eigenvalue weighted by molar-refractivity contribution is 0.0661. The topological polar surface area (TPSA) is 73.5 Å². The molecule has 126 valence electrons. The molecule has 1 saturated heterocycles. The predicted molar refractivity (Wildman–Crippen MR) is 96.8 cm³/mol. The molecular weight excluding hydrogens is 324 g/mol. The zero-order valence-electron chi connectivity index (χ0n) is 13.4. The summed E-state index contributed by atoms with van der Waals surface area (Å²) in [4.78, 5) is 27.1. The Bertz CT molecular complexity index is 716. The minimum absolute atomic E-state index is 0.0190. The normalized spacial score (nSPS) is 17.4. The van der Waals surface area contributed by atoms with Gasteiger partial charge < -0.3 is 15.5 Å². The van der Waals surface area contributed by atoms with Crippen molar-refractivity contribution in [1.29, 1.82) is 0 Å². The van der Waals surface area contributed by atoms with Crippen LogP contribution in [-0.4, -0.2) is 42.5 Å². The van der Waals surface area contributed by atoms with Crippen molar-refractivity contribution in [2.24, 2.45) is 0 Å². The summed E-state index contributed by atoms with van der Waals surface area (Å²) in [6.07, 6.45) is 0. The van der Waals surface area contributed by atoms with E-state index in [1.165, 1.54) is 11.3 Å². The fourth-order valence-corrected chi connectivity index (χ4v) is 3.46. The van der Waals surface area contributed by atoms with E-state index in [9.17, 15) is 9.59 Å². The maximum atomic E-state index is 12.6. The summed E-state index contributed by atoms with van der Waals surface area (Å²) in [5.74, 6) is 0.0190. The number of para-hydroxylation sites is 1. The molecule has 1 fully saturated rings. The van der Waals surface area contributed by atoms with Crippen molar-refractivity contribution in [3.63, 3.8) is 0 Å². The van der Waals surface area contributed by atoms with Gasteiger partial charge in [0.1, 0.15) is 0 Å². The highest BCUT2D eigenvalue weighted by Gasteiger charge is 2.25. The summed E-state index contributed by atoms with van der Waals surface area (Å²) in [7, 11) is 0. The van der Waals surface area contributed by atoms with E-state index in [2.05, 4.69) is 16.0 Å². The molecule has 2 heterocycles. The maximum Gasteiger partial charge on any atom is 0.324 e. The van der Waals surface area contributed by atoms with Gasteiger partial charge in [0.15, 0.2) is 0 Å². The summed E-state index contributed by atoms with van der Waals surface area (Å²) in [6.45, 7) is 4.35. The van der Waals surface area contributed by atoms with Gasteiger partial charge in [-0.1, -0.05) is 18.2 Å². The molecule has 6 nitrogen and oxygen atoms in total. The molecule has 0 aliphatic carbocycles. The third-order valence-electron chi connectivity index (χ3n) is 3.85. The first kappa shape index (κ1) is 16.5. The molecule has 1 atom stereocenters. The Morgan fingerprint density at radius 3 is 2.71 bits per heavy atom. The van der Waals surface area contributed by atoms with E-state index in [4.69, 9.17) is 0 Å². The Hall–Kier alpha value is -2.38. The Labute approximate surface area is 144 Å². The van der Waals surface area contributed by atoms with E-state index in [0.717, 1.165) is 18.8 Å². The lowest BCUT2D eigenvalue weighted by atomic mass is 10.2. The van der Waals surface area contributed by atoms with Gasteiger partial charge in [0.25, 0.3) is 5.91 Å². The zero-order chi connectivity index (χ0) is 16.9. The van der Waals surface area contributed by atoms with Crippen molar-refractivity contribution >= 4 is 34.0 Å². The van der Waals surface area contributed by atoms with Crippen molar-refractivity contribution in [3.8, 4) is 0 Å². The van der Waals surface area contributed by atoms with Crippen LogP contribution in [0.25, 0.3) is 0 Å². The first-order valence-corrected chi connectivity index (χ1v) is 8.70. The number of rotatable bonds is 3. The smallest absolute Gasteiger partial charge is 0.324 e. The number of hydrogen-bond donors (Lipinski definition) is 3. The quantitative estimate of drug-likeness (QED) is 0.802. The van der Waals surface area contributed by atoms with Gasteiger partial charge in [-0.25, -0.2) is 4.79 Å². The molecule has 24 heavy (non-hydrogen) atoms. The maximum absolute atomic E-state index is 12.6. The molecule has 3 amide bonds. The number of hydrogen-bond acceptors (Lipinski definition) is 4. The number of carbonyl (C=O) groups is 2. The minimum Gasteiger partial charge on any atom is -0.333 e. The summed E-state index contributed by atoms with van der Waals surface area (Å²) in [6, 6.07) is 12.6. The second-order valence-electron chi connectivity index (χ2n) is 5.66. The van der Waals surface area contributed by atoms with Gasteiger partial charge >= 0.3 is 6.03 Å². The molecule has 1 aromatic carbocycles. The van der Waals surface area contributed by atoms with Crippen LogP contribution in [0.4, 0.5) is 15.5 Å². The predicted octanol–water partition coefficient (Wildman–Crippen LogP) is 2.83. The number of thiophene rings is 1. The lowest BCUT2D eigenvalue weighted by Crippen LogP contribution is -2.52. The molecule has 0 radical (unpaired) electrons. The Balaban J connectivity index is 1.60. The van der Waals surface area contributed by atoms with Gasteiger partial charge in [-0.15, -0.1) is 11.3 Å². The second-order valence-corrected chi connectivity index (χ2v) is 6.74. The van der Waals surface area contributed by atoms with Crippen molar-refractivity contribution in [2.75, 3.05) is 30.3 Å². The van der Waals surface area contributed by atoms with E-state index >= 15 is 0 Å². The van der Waals surface area contributed by atoms with Crippen LogP contribution in [0.2, 0.25) is 0 Å². The number of nitrogens with one attached hydrogen (secondary N) is 3. The van der Waals surface area contributed by atoms with Gasteiger partial charge in [-0.2, -0.15) is 0 Å². The van der Waals surface area contributed by atoms with E-state index < -0.39 is 0 Å². The van der Waals surface area contributed by atoms with Crippen LogP contribution < -0.4 is 16.0 Å². The molecule has 3 rings (SSSR count). The van der Waals surface area contributed by atoms with Crippen LogP contribution >= 0.6 is 11.3 Å². The summed E-state index contributed by atoms with van der Waals surface area (Å²) in [5.41, 5.74) is 0.720. The fraction of sp³-hybridized carbons (Fsp3) is 0.294. The van der Waals surface area contributed by atoms with Crippen molar-refractivity contribution in [3.05, 3.63) is 47.3 Å². The van der Waals surface area contributed by atoms with Crippen LogP contribution in [0.5, 0.6) is 0 Å².